The molecule has 0 N–H and O–H groups in total. The van der Waals surface area contributed by atoms with E-state index in [4.69, 9.17) is 0 Å². The Hall–Kier alpha value is -0.720. The van der Waals surface area contributed by atoms with Crippen molar-refractivity contribution >= 4 is 28.3 Å². The smallest absolute Gasteiger partial charge is 0.258 e. The number of aryl methyl sites for hydroxylation is 1. The molecule has 0 aromatic carbocycles. The lowest BCUT2D eigenvalue weighted by atomic mass is 10.3. The highest BCUT2D eigenvalue weighted by atomic mass is 127. The fourth-order valence-electron chi connectivity index (χ4n) is 0.706. The zero-order valence-electron chi connectivity index (χ0n) is 5.74. The molecule has 58 valence electrons. The van der Waals surface area contributed by atoms with Gasteiger partial charge in [0.15, 0.2) is 0 Å². The van der Waals surface area contributed by atoms with Gasteiger partial charge in [0.25, 0.3) is 5.69 Å². The van der Waals surface area contributed by atoms with Gasteiger partial charge in [0.2, 0.25) is 0 Å². The monoisotopic (exact) mass is 264 g/mol. The Bertz CT molecular complexity index is 301. The molecular formula is C6H5IN2O2. The van der Waals surface area contributed by atoms with Crippen molar-refractivity contribution in [1.29, 1.82) is 0 Å². The number of rotatable bonds is 1. The van der Waals surface area contributed by atoms with Gasteiger partial charge in [0.1, 0.15) is 9.90 Å². The van der Waals surface area contributed by atoms with Crippen molar-refractivity contribution in [3.63, 3.8) is 0 Å². The second-order valence-corrected chi connectivity index (χ2v) is 3.16. The van der Waals surface area contributed by atoms with E-state index in [9.17, 15) is 10.1 Å². The van der Waals surface area contributed by atoms with Gasteiger partial charge in [-0.15, -0.1) is 0 Å². The van der Waals surface area contributed by atoms with E-state index < -0.39 is 4.92 Å². The number of nitro groups is 1. The first-order valence-corrected chi connectivity index (χ1v) is 3.95. The zero-order chi connectivity index (χ0) is 8.43. The molecule has 1 aromatic heterocycles. The van der Waals surface area contributed by atoms with Crippen LogP contribution in [0.3, 0.4) is 0 Å². The van der Waals surface area contributed by atoms with Crippen molar-refractivity contribution in [3.05, 3.63) is 31.6 Å². The molecule has 0 amide bonds. The van der Waals surface area contributed by atoms with E-state index in [2.05, 4.69) is 4.98 Å². The highest BCUT2D eigenvalue weighted by Gasteiger charge is 2.09. The van der Waals surface area contributed by atoms with Crippen LogP contribution in [0.5, 0.6) is 0 Å². The van der Waals surface area contributed by atoms with Gasteiger partial charge in [-0.3, -0.25) is 10.1 Å². The molecule has 11 heavy (non-hydrogen) atoms. The number of pyridine rings is 1. The molecule has 0 saturated carbocycles. The summed E-state index contributed by atoms with van der Waals surface area (Å²) in [6.07, 6.45) is 1.27. The van der Waals surface area contributed by atoms with Crippen LogP contribution in [-0.2, 0) is 0 Å². The minimum absolute atomic E-state index is 0.0745. The summed E-state index contributed by atoms with van der Waals surface area (Å²) in [6, 6.07) is 1.68. The average Bonchev–Trinajstić information content (AvgIpc) is 1.85. The summed E-state index contributed by atoms with van der Waals surface area (Å²) < 4.78 is 0.769. The summed E-state index contributed by atoms with van der Waals surface area (Å²) in [5.41, 5.74) is 0.722. The Morgan fingerprint density at radius 3 is 2.82 bits per heavy atom. The Balaban J connectivity index is 3.20. The largest absolute Gasteiger partial charge is 0.290 e. The lowest BCUT2D eigenvalue weighted by molar-refractivity contribution is -0.385. The number of halogens is 1. The van der Waals surface area contributed by atoms with E-state index in [1.165, 1.54) is 6.20 Å². The van der Waals surface area contributed by atoms with Crippen LogP contribution in [0.2, 0.25) is 0 Å². The summed E-state index contributed by atoms with van der Waals surface area (Å²) in [7, 11) is 0. The van der Waals surface area contributed by atoms with E-state index >= 15 is 0 Å². The van der Waals surface area contributed by atoms with Crippen LogP contribution < -0.4 is 0 Å². The van der Waals surface area contributed by atoms with Gasteiger partial charge < -0.3 is 0 Å². The predicted octanol–water partition coefficient (Wildman–Crippen LogP) is 1.90. The van der Waals surface area contributed by atoms with E-state index in [1.54, 1.807) is 13.0 Å². The molecule has 0 radical (unpaired) electrons. The van der Waals surface area contributed by atoms with Crippen molar-refractivity contribution in [3.8, 4) is 0 Å². The van der Waals surface area contributed by atoms with Crippen LogP contribution in [-0.4, -0.2) is 9.91 Å². The van der Waals surface area contributed by atoms with Crippen molar-refractivity contribution < 1.29 is 4.92 Å². The second kappa shape index (κ2) is 3.12. The topological polar surface area (TPSA) is 56.0 Å². The standard InChI is InChI=1S/C6H5IN2O2/c1-4-2-6(7)8-3-5(4)9(10)11/h2-3H,1H3. The molecule has 1 aromatic rings. The van der Waals surface area contributed by atoms with E-state index in [1.807, 2.05) is 22.6 Å². The predicted molar refractivity (Wildman–Crippen MR) is 48.3 cm³/mol. The Morgan fingerprint density at radius 1 is 1.73 bits per heavy atom. The molecule has 0 unspecified atom stereocenters. The number of hydrogen-bond acceptors (Lipinski definition) is 3. The van der Waals surface area contributed by atoms with Gasteiger partial charge in [-0.1, -0.05) is 0 Å². The van der Waals surface area contributed by atoms with E-state index in [-0.39, 0.29) is 5.69 Å². The van der Waals surface area contributed by atoms with Gasteiger partial charge in [0, 0.05) is 5.56 Å². The summed E-state index contributed by atoms with van der Waals surface area (Å²) in [5, 5.41) is 10.3. The molecule has 1 heterocycles. The quantitative estimate of drug-likeness (QED) is 0.337. The number of hydrogen-bond donors (Lipinski definition) is 0. The molecule has 4 nitrogen and oxygen atoms in total. The maximum Gasteiger partial charge on any atom is 0.290 e. The number of aromatic nitrogens is 1. The van der Waals surface area contributed by atoms with Gasteiger partial charge in [-0.25, -0.2) is 4.98 Å². The molecule has 0 aliphatic heterocycles. The van der Waals surface area contributed by atoms with Gasteiger partial charge in [-0.05, 0) is 35.6 Å². The fraction of sp³-hybridized carbons (Fsp3) is 0.167. The summed E-state index contributed by atoms with van der Waals surface area (Å²) in [6.45, 7) is 1.70. The van der Waals surface area contributed by atoms with Crippen molar-refractivity contribution in [2.45, 2.75) is 6.92 Å². The van der Waals surface area contributed by atoms with E-state index in [0.29, 0.717) is 5.56 Å². The molecule has 0 bridgehead atoms. The highest BCUT2D eigenvalue weighted by molar-refractivity contribution is 14.1. The minimum atomic E-state index is -0.432. The summed E-state index contributed by atoms with van der Waals surface area (Å²) in [5.74, 6) is 0. The van der Waals surface area contributed by atoms with Gasteiger partial charge >= 0.3 is 0 Å². The lowest BCUT2D eigenvalue weighted by Crippen LogP contribution is -1.93. The van der Waals surface area contributed by atoms with Crippen molar-refractivity contribution in [2.24, 2.45) is 0 Å². The van der Waals surface area contributed by atoms with Crippen LogP contribution in [0.15, 0.2) is 12.3 Å². The Kier molecular flexibility index (Phi) is 2.38. The molecule has 0 atom stereocenters. The van der Waals surface area contributed by atoms with Crippen LogP contribution >= 0.6 is 22.6 Å². The lowest BCUT2D eigenvalue weighted by Gasteiger charge is -1.94. The van der Waals surface area contributed by atoms with Crippen molar-refractivity contribution in [2.75, 3.05) is 0 Å². The molecule has 0 spiro atoms. The first kappa shape index (κ1) is 8.38. The zero-order valence-corrected chi connectivity index (χ0v) is 7.90. The minimum Gasteiger partial charge on any atom is -0.258 e. The van der Waals surface area contributed by atoms with Gasteiger partial charge in [-0.2, -0.15) is 0 Å². The first-order valence-electron chi connectivity index (χ1n) is 2.88. The molecule has 0 fully saturated rings. The summed E-state index contributed by atoms with van der Waals surface area (Å²) >= 11 is 2.01. The molecule has 0 saturated heterocycles. The van der Waals surface area contributed by atoms with Crippen LogP contribution in [0.1, 0.15) is 5.56 Å². The normalized spacial score (nSPS) is 9.64. The van der Waals surface area contributed by atoms with E-state index in [0.717, 1.165) is 3.70 Å². The molecular weight excluding hydrogens is 259 g/mol. The fourth-order valence-corrected chi connectivity index (χ4v) is 1.31. The maximum absolute atomic E-state index is 10.3. The highest BCUT2D eigenvalue weighted by Crippen LogP contribution is 2.16. The Morgan fingerprint density at radius 2 is 2.36 bits per heavy atom. The molecule has 0 aliphatic carbocycles. The first-order chi connectivity index (χ1) is 5.11. The van der Waals surface area contributed by atoms with Gasteiger partial charge in [0.05, 0.1) is 4.92 Å². The van der Waals surface area contributed by atoms with Crippen LogP contribution in [0.4, 0.5) is 5.69 Å². The Labute approximate surface area is 76.9 Å². The maximum atomic E-state index is 10.3. The third kappa shape index (κ3) is 1.86. The average molecular weight is 264 g/mol. The second-order valence-electron chi connectivity index (χ2n) is 2.05. The van der Waals surface area contributed by atoms with Crippen LogP contribution in [0, 0.1) is 20.7 Å². The number of nitrogens with zero attached hydrogens (tertiary/aromatic N) is 2. The van der Waals surface area contributed by atoms with Crippen LogP contribution in [0.25, 0.3) is 0 Å². The van der Waals surface area contributed by atoms with Crippen molar-refractivity contribution in [1.82, 2.24) is 4.98 Å². The molecule has 1 rings (SSSR count). The molecule has 0 aliphatic rings. The summed E-state index contributed by atoms with van der Waals surface area (Å²) in [4.78, 5) is 13.7. The third-order valence-corrected chi connectivity index (χ3v) is 1.84. The third-order valence-electron chi connectivity index (χ3n) is 1.25. The SMILES string of the molecule is Cc1cc(I)ncc1[N+](=O)[O-]. The molecule has 5 heteroatoms.